The van der Waals surface area contributed by atoms with Gasteiger partial charge in [0, 0.05) is 24.6 Å². The van der Waals surface area contributed by atoms with Crippen LogP contribution >= 0.6 is 11.6 Å². The molecular formula is C19H25ClN2O6S. The smallest absolute Gasteiger partial charge is 0.270 e. The second-order valence-corrected chi connectivity index (χ2v) is 8.71. The highest BCUT2D eigenvalue weighted by atomic mass is 35.5. The van der Waals surface area contributed by atoms with Gasteiger partial charge in [-0.15, -0.1) is 0 Å². The number of hydrogen-bond acceptors (Lipinski definition) is 7. The van der Waals surface area contributed by atoms with Crippen molar-refractivity contribution in [2.75, 3.05) is 19.0 Å². The molecule has 0 radical (unpaired) electrons. The van der Waals surface area contributed by atoms with Crippen LogP contribution in [0.4, 0.5) is 5.69 Å². The van der Waals surface area contributed by atoms with E-state index >= 15 is 0 Å². The fraction of sp³-hybridized carbons (Fsp3) is 0.474. The molecular weight excluding hydrogens is 420 g/mol. The van der Waals surface area contributed by atoms with Gasteiger partial charge in [0.15, 0.2) is 0 Å². The Labute approximate surface area is 174 Å². The van der Waals surface area contributed by atoms with Crippen molar-refractivity contribution in [2.24, 2.45) is 0 Å². The van der Waals surface area contributed by atoms with Crippen molar-refractivity contribution in [1.82, 2.24) is 4.47 Å². The van der Waals surface area contributed by atoms with Crippen molar-refractivity contribution in [2.45, 2.75) is 51.0 Å². The Hall–Kier alpha value is -1.94. The summed E-state index contributed by atoms with van der Waals surface area (Å²) < 4.78 is 26.2. The average molecular weight is 445 g/mol. The third-order valence-corrected chi connectivity index (χ3v) is 7.16. The summed E-state index contributed by atoms with van der Waals surface area (Å²) in [5.41, 5.74) is -0.662. The van der Waals surface area contributed by atoms with E-state index in [9.17, 15) is 23.1 Å². The minimum atomic E-state index is -4.23. The Morgan fingerprint density at radius 2 is 1.79 bits per heavy atom. The van der Waals surface area contributed by atoms with Gasteiger partial charge in [-0.3, -0.25) is 14.4 Å². The van der Waals surface area contributed by atoms with E-state index in [1.165, 1.54) is 19.2 Å². The van der Waals surface area contributed by atoms with Crippen LogP contribution in [0.3, 0.4) is 0 Å². The van der Waals surface area contributed by atoms with E-state index < -0.39 is 31.5 Å². The number of phenols is 1. The Morgan fingerprint density at radius 1 is 1.17 bits per heavy atom. The molecule has 8 nitrogen and oxygen atoms in total. The van der Waals surface area contributed by atoms with Gasteiger partial charge in [0.25, 0.3) is 10.0 Å². The summed E-state index contributed by atoms with van der Waals surface area (Å²) in [5, 5.41) is 13.5. The van der Waals surface area contributed by atoms with Gasteiger partial charge in [0.2, 0.25) is 10.9 Å². The van der Waals surface area contributed by atoms with Gasteiger partial charge in [0.1, 0.15) is 10.6 Å². The van der Waals surface area contributed by atoms with Crippen molar-refractivity contribution in [3.63, 3.8) is 0 Å². The molecule has 0 spiro atoms. The first-order chi connectivity index (χ1) is 13.6. The van der Waals surface area contributed by atoms with Crippen molar-refractivity contribution in [3.05, 3.63) is 48.7 Å². The van der Waals surface area contributed by atoms with Gasteiger partial charge < -0.3 is 10.4 Å². The highest BCUT2D eigenvalue weighted by molar-refractivity contribution is 7.89. The molecule has 0 bridgehead atoms. The second-order valence-electron chi connectivity index (χ2n) is 6.54. The van der Waals surface area contributed by atoms with Crippen molar-refractivity contribution in [1.29, 1.82) is 0 Å². The van der Waals surface area contributed by atoms with Crippen LogP contribution in [-0.4, -0.2) is 37.7 Å². The summed E-state index contributed by atoms with van der Waals surface area (Å²) >= 11 is 6.05. The predicted octanol–water partition coefficient (Wildman–Crippen LogP) is 2.40. The highest BCUT2D eigenvalue weighted by Crippen LogP contribution is 2.37. The molecule has 2 rings (SSSR count). The number of phenolic OH excluding ortho intramolecular Hbond substituents is 1. The molecule has 0 amide bonds. The first-order valence-electron chi connectivity index (χ1n) is 9.29. The van der Waals surface area contributed by atoms with Crippen molar-refractivity contribution < 1.29 is 18.4 Å². The van der Waals surface area contributed by atoms with Gasteiger partial charge in [-0.2, -0.15) is 0 Å². The maximum atomic E-state index is 12.8. The van der Waals surface area contributed by atoms with Crippen LogP contribution in [0.15, 0.2) is 26.6 Å². The molecule has 0 heterocycles. The number of halogens is 1. The number of aromatic hydroxyl groups is 1. The maximum absolute atomic E-state index is 12.8. The van der Waals surface area contributed by atoms with Gasteiger partial charge in [-0.1, -0.05) is 36.0 Å². The molecule has 2 N–H and O–H groups in total. The van der Waals surface area contributed by atoms with Crippen LogP contribution in [0.25, 0.3) is 0 Å². The number of anilines is 1. The molecule has 0 atom stereocenters. The Balaban J connectivity index is 2.49. The standard InChI is InChI=1S/C19H25ClN2O6S/c1-5-12(6-2)21-15-13(17(24)18(15)25)10-11-8-9-14(20)19(16(11)23)29(26,27)22(7-3)28-4/h8-9,12,21,23H,5-7,10H2,1-4H3. The van der Waals surface area contributed by atoms with Crippen LogP contribution in [0, 0.1) is 0 Å². The third kappa shape index (κ3) is 4.32. The number of hydrogen-bond donors (Lipinski definition) is 2. The molecule has 0 saturated heterocycles. The second kappa shape index (κ2) is 9.25. The minimum Gasteiger partial charge on any atom is -0.506 e. The Bertz CT molecular complexity index is 1050. The first-order valence-corrected chi connectivity index (χ1v) is 11.1. The number of nitrogens with one attached hydrogen (secondary N) is 1. The monoisotopic (exact) mass is 444 g/mol. The molecule has 160 valence electrons. The van der Waals surface area contributed by atoms with Crippen LogP contribution in [-0.2, 0) is 21.3 Å². The van der Waals surface area contributed by atoms with Crippen LogP contribution < -0.4 is 16.2 Å². The van der Waals surface area contributed by atoms with Crippen LogP contribution in [0.5, 0.6) is 5.75 Å². The zero-order chi connectivity index (χ0) is 21.9. The van der Waals surface area contributed by atoms with Gasteiger partial charge in [-0.05, 0) is 31.4 Å². The molecule has 0 aliphatic carbocycles. The lowest BCUT2D eigenvalue weighted by atomic mass is 9.97. The average Bonchev–Trinajstić information content (AvgIpc) is 2.69. The summed E-state index contributed by atoms with van der Waals surface area (Å²) in [6, 6.07) is 2.79. The van der Waals surface area contributed by atoms with Crippen LogP contribution in [0.2, 0.25) is 5.02 Å². The Morgan fingerprint density at radius 3 is 2.31 bits per heavy atom. The minimum absolute atomic E-state index is 0.000459. The van der Waals surface area contributed by atoms with Gasteiger partial charge >= 0.3 is 0 Å². The molecule has 0 unspecified atom stereocenters. The number of hydroxylamine groups is 1. The van der Waals surface area contributed by atoms with Gasteiger partial charge in [-0.25, -0.2) is 8.42 Å². The summed E-state index contributed by atoms with van der Waals surface area (Å²) in [6.45, 7) is 5.49. The molecule has 2 aromatic carbocycles. The molecule has 0 fully saturated rings. The largest absolute Gasteiger partial charge is 0.506 e. The van der Waals surface area contributed by atoms with E-state index in [1.54, 1.807) is 6.92 Å². The molecule has 0 aliphatic heterocycles. The van der Waals surface area contributed by atoms with E-state index in [-0.39, 0.29) is 40.8 Å². The molecule has 0 saturated carbocycles. The topological polar surface area (TPSA) is 113 Å². The number of sulfonamides is 1. The highest BCUT2D eigenvalue weighted by Gasteiger charge is 2.32. The lowest BCUT2D eigenvalue weighted by molar-refractivity contribution is -0.0443. The number of nitrogens with zero attached hydrogens (tertiary/aromatic N) is 1. The molecule has 0 aliphatic rings. The van der Waals surface area contributed by atoms with E-state index in [0.29, 0.717) is 4.47 Å². The zero-order valence-electron chi connectivity index (χ0n) is 16.8. The lowest BCUT2D eigenvalue weighted by Gasteiger charge is -2.21. The van der Waals surface area contributed by atoms with Crippen molar-refractivity contribution >= 4 is 27.3 Å². The molecule has 2 aromatic rings. The summed E-state index contributed by atoms with van der Waals surface area (Å²) in [4.78, 5) is 28.4. The Kier molecular flexibility index (Phi) is 7.45. The van der Waals surface area contributed by atoms with E-state index in [4.69, 9.17) is 16.4 Å². The fourth-order valence-electron chi connectivity index (χ4n) is 3.12. The number of rotatable bonds is 10. The van der Waals surface area contributed by atoms with Gasteiger partial charge in [0.05, 0.1) is 17.8 Å². The summed E-state index contributed by atoms with van der Waals surface area (Å²) in [6.07, 6.45) is 1.44. The first kappa shape index (κ1) is 23.3. The molecule has 29 heavy (non-hydrogen) atoms. The van der Waals surface area contributed by atoms with Crippen LogP contribution in [0.1, 0.15) is 44.7 Å². The summed E-state index contributed by atoms with van der Waals surface area (Å²) in [5.74, 6) is -0.575. The number of benzene rings is 1. The van der Waals surface area contributed by atoms with Crippen molar-refractivity contribution in [3.8, 4) is 5.75 Å². The predicted molar refractivity (Wildman–Crippen MR) is 112 cm³/mol. The fourth-order valence-corrected chi connectivity index (χ4v) is 5.00. The van der Waals surface area contributed by atoms with E-state index in [2.05, 4.69) is 5.32 Å². The molecule has 0 aromatic heterocycles. The SMILES string of the molecule is CCC(CC)Nc1c(Cc2ccc(Cl)c(S(=O)(=O)N(CC)OC)c2O)c(=O)c1=O. The zero-order valence-corrected chi connectivity index (χ0v) is 18.4. The van der Waals surface area contributed by atoms with E-state index in [1.807, 2.05) is 13.8 Å². The maximum Gasteiger partial charge on any atom is 0.270 e. The van der Waals surface area contributed by atoms with E-state index in [0.717, 1.165) is 12.8 Å². The normalized spacial score (nSPS) is 12.2. The third-order valence-electron chi connectivity index (χ3n) is 4.87. The molecule has 10 heteroatoms. The lowest BCUT2D eigenvalue weighted by Crippen LogP contribution is -2.40. The summed E-state index contributed by atoms with van der Waals surface area (Å²) in [7, 11) is -3.04. The quantitative estimate of drug-likeness (QED) is 0.427.